The van der Waals surface area contributed by atoms with E-state index in [2.05, 4.69) is 12.2 Å². The van der Waals surface area contributed by atoms with Crippen LogP contribution < -0.4 is 10.1 Å². The molecule has 1 heterocycles. The van der Waals surface area contributed by atoms with Crippen molar-refractivity contribution in [2.45, 2.75) is 32.6 Å². The molecule has 1 fully saturated rings. The quantitative estimate of drug-likeness (QED) is 0.793. The van der Waals surface area contributed by atoms with Gasteiger partial charge in [-0.25, -0.2) is 0 Å². The van der Waals surface area contributed by atoms with Crippen molar-refractivity contribution in [3.8, 4) is 5.75 Å². The second-order valence-corrected chi connectivity index (χ2v) is 7.11. The number of nitrogens with one attached hydrogen (secondary N) is 1. The van der Waals surface area contributed by atoms with Crippen molar-refractivity contribution in [3.05, 3.63) is 60.2 Å². The second kappa shape index (κ2) is 9.93. The summed E-state index contributed by atoms with van der Waals surface area (Å²) >= 11 is 0. The van der Waals surface area contributed by atoms with Gasteiger partial charge in [-0.3, -0.25) is 9.59 Å². The number of ether oxygens (including phenoxy) is 1. The molecule has 0 saturated carbocycles. The maximum atomic E-state index is 12.5. The molecule has 1 aliphatic heterocycles. The summed E-state index contributed by atoms with van der Waals surface area (Å²) < 4.78 is 5.60. The van der Waals surface area contributed by atoms with Crippen LogP contribution in [0.25, 0.3) is 0 Å². The molecule has 1 N–H and O–H groups in total. The number of anilines is 1. The summed E-state index contributed by atoms with van der Waals surface area (Å²) in [6, 6.07) is 17.5. The molecule has 5 nitrogen and oxygen atoms in total. The minimum atomic E-state index is -0.0459. The van der Waals surface area contributed by atoms with Crippen LogP contribution in [0, 0.1) is 5.92 Å². The molecule has 0 atom stereocenters. The smallest absolute Gasteiger partial charge is 0.227 e. The minimum Gasteiger partial charge on any atom is -0.493 e. The maximum absolute atomic E-state index is 12.5. The van der Waals surface area contributed by atoms with Crippen LogP contribution in [-0.4, -0.2) is 36.4 Å². The Labute approximate surface area is 166 Å². The first-order valence-corrected chi connectivity index (χ1v) is 10.0. The largest absolute Gasteiger partial charge is 0.493 e. The molecule has 0 aliphatic carbocycles. The number of likely N-dealkylation sites (tertiary alicyclic amines) is 1. The lowest BCUT2D eigenvalue weighted by Crippen LogP contribution is -2.41. The molecule has 2 amide bonds. The molecule has 2 aromatic rings. The van der Waals surface area contributed by atoms with Gasteiger partial charge in [0.2, 0.25) is 11.8 Å². The summed E-state index contributed by atoms with van der Waals surface area (Å²) in [7, 11) is 0. The summed E-state index contributed by atoms with van der Waals surface area (Å²) in [6.45, 7) is 3.72. The minimum absolute atomic E-state index is 0.0451. The van der Waals surface area contributed by atoms with Crippen molar-refractivity contribution in [3.63, 3.8) is 0 Å². The number of piperidine rings is 1. The number of aryl methyl sites for hydroxylation is 1. The molecule has 148 valence electrons. The van der Waals surface area contributed by atoms with Crippen LogP contribution in [0.2, 0.25) is 0 Å². The van der Waals surface area contributed by atoms with E-state index in [1.54, 1.807) is 0 Å². The van der Waals surface area contributed by atoms with Crippen molar-refractivity contribution in [1.82, 2.24) is 4.90 Å². The van der Waals surface area contributed by atoms with Crippen molar-refractivity contribution in [2.75, 3.05) is 25.0 Å². The number of carbonyl (C=O) groups excluding carboxylic acids is 2. The Kier molecular flexibility index (Phi) is 7.06. The number of carbonyl (C=O) groups is 2. The molecular weight excluding hydrogens is 352 g/mol. The highest BCUT2D eigenvalue weighted by atomic mass is 16.5. The maximum Gasteiger partial charge on any atom is 0.227 e. The van der Waals surface area contributed by atoms with E-state index in [0.717, 1.165) is 17.9 Å². The average molecular weight is 380 g/mol. The fourth-order valence-electron chi connectivity index (χ4n) is 3.39. The van der Waals surface area contributed by atoms with Gasteiger partial charge >= 0.3 is 0 Å². The first-order chi connectivity index (χ1) is 13.7. The Hall–Kier alpha value is -2.82. The van der Waals surface area contributed by atoms with Crippen LogP contribution in [0.15, 0.2) is 54.6 Å². The number of rotatable bonds is 7. The number of benzene rings is 2. The number of hydrogen-bond acceptors (Lipinski definition) is 3. The zero-order chi connectivity index (χ0) is 19.8. The lowest BCUT2D eigenvalue weighted by atomic mass is 9.95. The fourth-order valence-corrected chi connectivity index (χ4v) is 3.39. The standard InChI is InChI=1S/C23H28N2O3/c1-2-18-8-10-20(11-9-18)24-23(27)19-12-15-25(16-13-19)22(26)14-17-28-21-6-4-3-5-7-21/h3-11,19H,2,12-17H2,1H3,(H,24,27). The van der Waals surface area contributed by atoms with Gasteiger partial charge in [-0.1, -0.05) is 37.3 Å². The van der Waals surface area contributed by atoms with Crippen LogP contribution in [0.3, 0.4) is 0 Å². The van der Waals surface area contributed by atoms with Gasteiger partial charge in [0, 0.05) is 24.7 Å². The Morgan fingerprint density at radius 2 is 1.71 bits per heavy atom. The van der Waals surface area contributed by atoms with Gasteiger partial charge in [0.1, 0.15) is 5.75 Å². The first kappa shape index (κ1) is 19.9. The summed E-state index contributed by atoms with van der Waals surface area (Å²) in [4.78, 5) is 26.7. The lowest BCUT2D eigenvalue weighted by Gasteiger charge is -2.31. The number of hydrogen-bond donors (Lipinski definition) is 1. The van der Waals surface area contributed by atoms with E-state index in [-0.39, 0.29) is 17.7 Å². The highest BCUT2D eigenvalue weighted by Gasteiger charge is 2.27. The van der Waals surface area contributed by atoms with E-state index in [1.165, 1.54) is 5.56 Å². The molecule has 1 saturated heterocycles. The lowest BCUT2D eigenvalue weighted by molar-refractivity contribution is -0.135. The molecule has 0 aromatic heterocycles. The third kappa shape index (κ3) is 5.59. The summed E-state index contributed by atoms with van der Waals surface area (Å²) in [5, 5.41) is 3.00. The topological polar surface area (TPSA) is 58.6 Å². The molecule has 0 bridgehead atoms. The molecule has 3 rings (SSSR count). The van der Waals surface area contributed by atoms with Crippen LogP contribution in [-0.2, 0) is 16.0 Å². The zero-order valence-electron chi connectivity index (χ0n) is 16.4. The third-order valence-corrected chi connectivity index (χ3v) is 5.18. The normalized spacial score (nSPS) is 14.5. The van der Waals surface area contributed by atoms with Crippen molar-refractivity contribution in [2.24, 2.45) is 5.92 Å². The Morgan fingerprint density at radius 3 is 2.36 bits per heavy atom. The average Bonchev–Trinajstić information content (AvgIpc) is 2.75. The van der Waals surface area contributed by atoms with Gasteiger partial charge in [0.15, 0.2) is 0 Å². The van der Waals surface area contributed by atoms with Crippen molar-refractivity contribution >= 4 is 17.5 Å². The predicted molar refractivity (Wildman–Crippen MR) is 110 cm³/mol. The first-order valence-electron chi connectivity index (χ1n) is 10.0. The monoisotopic (exact) mass is 380 g/mol. The van der Waals surface area contributed by atoms with E-state index in [1.807, 2.05) is 59.5 Å². The van der Waals surface area contributed by atoms with Gasteiger partial charge in [0.05, 0.1) is 13.0 Å². The van der Waals surface area contributed by atoms with E-state index >= 15 is 0 Å². The predicted octanol–water partition coefficient (Wildman–Crippen LogP) is 3.90. The zero-order valence-corrected chi connectivity index (χ0v) is 16.4. The third-order valence-electron chi connectivity index (χ3n) is 5.18. The fraction of sp³-hybridized carbons (Fsp3) is 0.391. The molecule has 0 unspecified atom stereocenters. The van der Waals surface area contributed by atoms with Gasteiger partial charge in [-0.15, -0.1) is 0 Å². The number of nitrogens with zero attached hydrogens (tertiary/aromatic N) is 1. The van der Waals surface area contributed by atoms with Crippen LogP contribution in [0.5, 0.6) is 5.75 Å². The van der Waals surface area contributed by atoms with Gasteiger partial charge in [-0.05, 0) is 49.1 Å². The molecular formula is C23H28N2O3. The number of amides is 2. The van der Waals surface area contributed by atoms with Gasteiger partial charge < -0.3 is 15.0 Å². The Morgan fingerprint density at radius 1 is 1.04 bits per heavy atom. The van der Waals surface area contributed by atoms with Gasteiger partial charge in [0.25, 0.3) is 0 Å². The molecule has 28 heavy (non-hydrogen) atoms. The molecule has 0 radical (unpaired) electrons. The van der Waals surface area contributed by atoms with Crippen LogP contribution >= 0.6 is 0 Å². The van der Waals surface area contributed by atoms with Crippen molar-refractivity contribution in [1.29, 1.82) is 0 Å². The highest BCUT2D eigenvalue weighted by Crippen LogP contribution is 2.20. The van der Waals surface area contributed by atoms with E-state index in [4.69, 9.17) is 4.74 Å². The molecule has 5 heteroatoms. The molecule has 1 aliphatic rings. The van der Waals surface area contributed by atoms with E-state index in [9.17, 15) is 9.59 Å². The Balaban J connectivity index is 1.39. The molecule has 0 spiro atoms. The highest BCUT2D eigenvalue weighted by molar-refractivity contribution is 5.92. The summed E-state index contributed by atoms with van der Waals surface area (Å²) in [5.74, 6) is 0.863. The van der Waals surface area contributed by atoms with Crippen molar-refractivity contribution < 1.29 is 14.3 Å². The van der Waals surface area contributed by atoms with Crippen LogP contribution in [0.1, 0.15) is 31.7 Å². The van der Waals surface area contributed by atoms with E-state index in [0.29, 0.717) is 39.0 Å². The van der Waals surface area contributed by atoms with Gasteiger partial charge in [-0.2, -0.15) is 0 Å². The summed E-state index contributed by atoms with van der Waals surface area (Å²) in [5.41, 5.74) is 2.08. The number of para-hydroxylation sites is 1. The molecule has 2 aromatic carbocycles. The summed E-state index contributed by atoms with van der Waals surface area (Å²) in [6.07, 6.45) is 2.74. The Bertz CT molecular complexity index is 766. The second-order valence-electron chi connectivity index (χ2n) is 7.11. The SMILES string of the molecule is CCc1ccc(NC(=O)C2CCN(C(=O)CCOc3ccccc3)CC2)cc1. The van der Waals surface area contributed by atoms with E-state index < -0.39 is 0 Å². The van der Waals surface area contributed by atoms with Crippen LogP contribution in [0.4, 0.5) is 5.69 Å².